The van der Waals surface area contributed by atoms with Crippen molar-refractivity contribution >= 4 is 11.0 Å². The van der Waals surface area contributed by atoms with Crippen molar-refractivity contribution in [2.75, 3.05) is 33.9 Å². The number of hydrogen-bond donors (Lipinski definition) is 2. The topological polar surface area (TPSA) is 129 Å². The van der Waals surface area contributed by atoms with Gasteiger partial charge in [-0.05, 0) is 66.1 Å². The normalized spacial score (nSPS) is 18.0. The Balaban J connectivity index is 1.19. The number of nitrogens with zero attached hydrogens (tertiary/aromatic N) is 5. The number of aliphatic hydroxyl groups excluding tert-OH is 2. The summed E-state index contributed by atoms with van der Waals surface area (Å²) in [5, 5.41) is 30.1. The summed E-state index contributed by atoms with van der Waals surface area (Å²) in [6.45, 7) is 4.55. The van der Waals surface area contributed by atoms with Gasteiger partial charge in [-0.15, -0.1) is 0 Å². The molecule has 10 heteroatoms. The Hall–Kier alpha value is -4.95. The lowest BCUT2D eigenvalue weighted by Gasteiger charge is -2.19. The average molecular weight is 646 g/mol. The van der Waals surface area contributed by atoms with Crippen molar-refractivity contribution in [3.8, 4) is 40.3 Å². The van der Waals surface area contributed by atoms with Gasteiger partial charge in [0.2, 0.25) is 11.8 Å². The molecule has 1 saturated heterocycles. The molecule has 0 bridgehead atoms. The van der Waals surface area contributed by atoms with Gasteiger partial charge < -0.3 is 28.7 Å². The molecule has 246 valence electrons. The third-order valence-electron chi connectivity index (χ3n) is 9.56. The number of hydrogen-bond acceptors (Lipinski definition) is 9. The van der Waals surface area contributed by atoms with Crippen molar-refractivity contribution in [2.24, 2.45) is 4.99 Å². The molecule has 2 aliphatic rings. The molecule has 0 unspecified atom stereocenters. The molecule has 0 radical (unpaired) electrons. The maximum absolute atomic E-state index is 9.91. The number of nitriles is 1. The number of aromatic nitrogens is 2. The van der Waals surface area contributed by atoms with Crippen LogP contribution in [-0.2, 0) is 19.5 Å². The van der Waals surface area contributed by atoms with E-state index in [1.54, 1.807) is 24.9 Å². The van der Waals surface area contributed by atoms with E-state index in [4.69, 9.17) is 18.9 Å². The van der Waals surface area contributed by atoms with E-state index in [0.29, 0.717) is 53.8 Å². The van der Waals surface area contributed by atoms with Gasteiger partial charge in [0.15, 0.2) is 5.58 Å². The van der Waals surface area contributed by atoms with Crippen molar-refractivity contribution in [3.63, 3.8) is 0 Å². The van der Waals surface area contributed by atoms with Crippen LogP contribution >= 0.6 is 0 Å². The van der Waals surface area contributed by atoms with E-state index >= 15 is 0 Å². The summed E-state index contributed by atoms with van der Waals surface area (Å²) in [6, 6.07) is 20.7. The predicted molar refractivity (Wildman–Crippen MR) is 181 cm³/mol. The minimum atomic E-state index is -0.274. The van der Waals surface area contributed by atoms with Gasteiger partial charge in [-0.2, -0.15) is 10.2 Å². The zero-order valence-electron chi connectivity index (χ0n) is 27.4. The second-order valence-electron chi connectivity index (χ2n) is 12.5. The number of furan rings is 1. The molecular formula is C38H39N5O5. The largest absolute Gasteiger partial charge is 0.481 e. The molecule has 5 aromatic rings. The second kappa shape index (κ2) is 13.3. The van der Waals surface area contributed by atoms with Crippen LogP contribution < -0.4 is 15.0 Å². The Morgan fingerprint density at radius 1 is 1.10 bits per heavy atom. The summed E-state index contributed by atoms with van der Waals surface area (Å²) in [7, 11) is 3.32. The molecule has 0 spiro atoms. The molecule has 10 nitrogen and oxygen atoms in total. The first-order chi connectivity index (χ1) is 23.4. The van der Waals surface area contributed by atoms with Gasteiger partial charge >= 0.3 is 0 Å². The van der Waals surface area contributed by atoms with Crippen LogP contribution in [-0.4, -0.2) is 64.6 Å². The van der Waals surface area contributed by atoms with Crippen LogP contribution in [0.15, 0.2) is 70.2 Å². The fourth-order valence-corrected chi connectivity index (χ4v) is 7.27. The molecule has 0 saturated carbocycles. The lowest BCUT2D eigenvalue weighted by atomic mass is 9.91. The van der Waals surface area contributed by atoms with Gasteiger partial charge in [0, 0.05) is 56.6 Å². The van der Waals surface area contributed by atoms with E-state index in [2.05, 4.69) is 47.2 Å². The second-order valence-corrected chi connectivity index (χ2v) is 12.5. The highest BCUT2D eigenvalue weighted by Crippen LogP contribution is 2.43. The number of likely N-dealkylation sites (tertiary alicyclic amines) is 1. The van der Waals surface area contributed by atoms with Gasteiger partial charge in [0.1, 0.15) is 29.0 Å². The van der Waals surface area contributed by atoms with E-state index in [1.165, 1.54) is 5.56 Å². The first kappa shape index (κ1) is 31.6. The van der Waals surface area contributed by atoms with E-state index in [9.17, 15) is 15.5 Å². The third kappa shape index (κ3) is 5.75. The molecule has 1 aliphatic heterocycles. The summed E-state index contributed by atoms with van der Waals surface area (Å²) in [6.07, 6.45) is 3.76. The van der Waals surface area contributed by atoms with E-state index in [0.717, 1.165) is 64.6 Å². The average Bonchev–Trinajstić information content (AvgIpc) is 3.84. The number of ether oxygens (including phenoxy) is 2. The van der Waals surface area contributed by atoms with Crippen LogP contribution in [0, 0.1) is 18.3 Å². The highest BCUT2D eigenvalue weighted by molar-refractivity contribution is 5.88. The van der Waals surface area contributed by atoms with Crippen LogP contribution in [0.1, 0.15) is 46.8 Å². The van der Waals surface area contributed by atoms with E-state index < -0.39 is 0 Å². The monoisotopic (exact) mass is 645 g/mol. The molecule has 0 amide bonds. The Morgan fingerprint density at radius 3 is 2.67 bits per heavy atom. The number of fused-ring (bicyclic) bond motifs is 2. The summed E-state index contributed by atoms with van der Waals surface area (Å²) >= 11 is 0. The van der Waals surface area contributed by atoms with E-state index in [-0.39, 0.29) is 18.8 Å². The van der Waals surface area contributed by atoms with Crippen molar-refractivity contribution in [1.82, 2.24) is 14.5 Å². The minimum Gasteiger partial charge on any atom is -0.481 e. The quantitative estimate of drug-likeness (QED) is 0.221. The Bertz CT molecular complexity index is 2110. The van der Waals surface area contributed by atoms with Crippen LogP contribution in [0.25, 0.3) is 33.4 Å². The highest BCUT2D eigenvalue weighted by atomic mass is 16.5. The van der Waals surface area contributed by atoms with Gasteiger partial charge in [-0.25, -0.2) is 0 Å². The Kier molecular flexibility index (Phi) is 8.75. The van der Waals surface area contributed by atoms with Gasteiger partial charge in [-0.1, -0.05) is 36.4 Å². The maximum Gasteiger partial charge on any atom is 0.220 e. The molecular weight excluding hydrogens is 606 g/mol. The molecule has 1 fully saturated rings. The van der Waals surface area contributed by atoms with Crippen LogP contribution in [0.2, 0.25) is 0 Å². The van der Waals surface area contributed by atoms with Crippen LogP contribution in [0.4, 0.5) is 0 Å². The molecule has 4 heterocycles. The zero-order valence-corrected chi connectivity index (χ0v) is 27.4. The lowest BCUT2D eigenvalue weighted by molar-refractivity contribution is 0.174. The molecule has 48 heavy (non-hydrogen) atoms. The number of aliphatic hydroxyl groups is 2. The molecule has 3 aromatic heterocycles. The number of methoxy groups -OCH3 is 1. The summed E-state index contributed by atoms with van der Waals surface area (Å²) in [4.78, 5) is 11.4. The van der Waals surface area contributed by atoms with E-state index in [1.807, 2.05) is 30.3 Å². The Morgan fingerprint density at radius 2 is 1.92 bits per heavy atom. The molecule has 1 aliphatic carbocycles. The number of benzene rings is 2. The maximum atomic E-state index is 9.91. The number of pyridine rings is 2. The van der Waals surface area contributed by atoms with Crippen molar-refractivity contribution < 1.29 is 24.1 Å². The number of β-amino-alcohol motifs (C(OH)–C–C–N with tert-alkyl or cyclic N) is 1. The predicted octanol–water partition coefficient (Wildman–Crippen LogP) is 5.31. The molecule has 7 rings (SSSR count). The standard InChI is InChI=1S/C38H39N5O5/c1-23-27(6-4-7-28(23)34-18-32-36(48-34)25(19-39)21-43(16-17-44)37(32)40-2)29-8-5-9-31-30(29)11-12-33(31)47-35-13-10-24(38(41-35)46-3)20-42-15-14-26(45)22-42/h4-10,13,18,21,26,33,44-45H,11-12,14-17,20,22H2,1-3H3/t26-,33+/m1/s1. The van der Waals surface area contributed by atoms with Crippen molar-refractivity contribution in [3.05, 3.63) is 94.1 Å². The summed E-state index contributed by atoms with van der Waals surface area (Å²) in [5.41, 5.74) is 9.19. The van der Waals surface area contributed by atoms with Crippen molar-refractivity contribution in [2.45, 2.75) is 51.5 Å². The third-order valence-corrected chi connectivity index (χ3v) is 9.56. The first-order valence-corrected chi connectivity index (χ1v) is 16.4. The van der Waals surface area contributed by atoms with Crippen molar-refractivity contribution in [1.29, 1.82) is 5.26 Å². The minimum absolute atomic E-state index is 0.0645. The Labute approximate surface area is 279 Å². The fourth-order valence-electron chi connectivity index (χ4n) is 7.27. The van der Waals surface area contributed by atoms with Gasteiger partial charge in [-0.3, -0.25) is 9.89 Å². The summed E-state index contributed by atoms with van der Waals surface area (Å²) < 4.78 is 20.3. The smallest absolute Gasteiger partial charge is 0.220 e. The zero-order chi connectivity index (χ0) is 33.4. The summed E-state index contributed by atoms with van der Waals surface area (Å²) in [5.74, 6) is 1.73. The molecule has 2 N–H and O–H groups in total. The highest BCUT2D eigenvalue weighted by Gasteiger charge is 2.28. The molecule has 2 aromatic carbocycles. The molecule has 2 atom stereocenters. The lowest BCUT2D eigenvalue weighted by Crippen LogP contribution is -2.23. The van der Waals surface area contributed by atoms with Gasteiger partial charge in [0.25, 0.3) is 0 Å². The van der Waals surface area contributed by atoms with Crippen LogP contribution in [0.5, 0.6) is 11.8 Å². The number of rotatable bonds is 9. The first-order valence-electron chi connectivity index (χ1n) is 16.4. The van der Waals surface area contributed by atoms with Gasteiger partial charge in [0.05, 0.1) is 25.2 Å². The fraction of sp³-hybridized carbons (Fsp3) is 0.342. The SMILES string of the molecule is CN=c1c2cc(-c3cccc(-c4cccc5c4CC[C@@H]5Oc4ccc(CN5CC[C@@H](O)C5)c(OC)n4)c3C)oc2c(C#N)cn1CCO. The van der Waals surface area contributed by atoms with Crippen LogP contribution in [0.3, 0.4) is 0 Å².